The minimum atomic E-state index is -0.457. The number of allylic oxidation sites excluding steroid dienone is 1. The van der Waals surface area contributed by atoms with Crippen LogP contribution in [-0.2, 0) is 14.3 Å². The number of nitrogens with zero attached hydrogens (tertiary/aromatic N) is 2. The number of methoxy groups -OCH3 is 2. The summed E-state index contributed by atoms with van der Waals surface area (Å²) < 4.78 is 10.4. The number of rotatable bonds is 7. The van der Waals surface area contributed by atoms with Crippen molar-refractivity contribution in [2.75, 3.05) is 32.2 Å². The predicted octanol–water partition coefficient (Wildman–Crippen LogP) is 5.29. The molecule has 0 aromatic heterocycles. The molecule has 2 aromatic rings. The fourth-order valence-corrected chi connectivity index (χ4v) is 5.50. The standard InChI is InChI=1S/C29H34N2O4/c1-6-31(7-2)22-12-8-20(9-13-22)27-26(29(33)35-5)18(3)30-24-16-21(17-25(32)28(24)27)19-10-14-23(34-4)15-11-19/h8-15,21,27-28H,6-7,16-17H2,1-5H3/t21-,27+,28?/m0/s1. The second-order valence-corrected chi connectivity index (χ2v) is 9.16. The first-order valence-electron chi connectivity index (χ1n) is 12.3. The summed E-state index contributed by atoms with van der Waals surface area (Å²) in [5.41, 5.74) is 5.12. The fourth-order valence-electron chi connectivity index (χ4n) is 5.50. The van der Waals surface area contributed by atoms with Crippen LogP contribution in [0.15, 0.2) is 64.8 Å². The van der Waals surface area contributed by atoms with Crippen molar-refractivity contribution in [1.29, 1.82) is 0 Å². The molecule has 2 aliphatic rings. The van der Waals surface area contributed by atoms with Crippen LogP contribution in [0.25, 0.3) is 0 Å². The summed E-state index contributed by atoms with van der Waals surface area (Å²) in [4.78, 5) is 33.6. The van der Waals surface area contributed by atoms with Gasteiger partial charge in [0.15, 0.2) is 0 Å². The second kappa shape index (κ2) is 10.5. The molecule has 1 heterocycles. The van der Waals surface area contributed by atoms with Crippen molar-refractivity contribution < 1.29 is 19.1 Å². The number of ketones is 1. The first-order chi connectivity index (χ1) is 16.9. The largest absolute Gasteiger partial charge is 0.497 e. The number of hydrogen-bond acceptors (Lipinski definition) is 6. The van der Waals surface area contributed by atoms with E-state index in [1.54, 1.807) is 7.11 Å². The molecule has 0 spiro atoms. The Hall–Kier alpha value is -3.41. The molecule has 0 amide bonds. The van der Waals surface area contributed by atoms with Crippen LogP contribution in [0.1, 0.15) is 56.6 Å². The lowest BCUT2D eigenvalue weighted by atomic mass is 9.66. The topological polar surface area (TPSA) is 68.2 Å². The monoisotopic (exact) mass is 474 g/mol. The number of hydrogen-bond donors (Lipinski definition) is 0. The molecule has 0 radical (unpaired) electrons. The molecule has 1 aliphatic carbocycles. The minimum absolute atomic E-state index is 0.0570. The van der Waals surface area contributed by atoms with Crippen molar-refractivity contribution in [3.05, 3.63) is 70.9 Å². The number of Topliss-reactive ketones (excluding diaryl/α,β-unsaturated/α-hetero) is 1. The molecule has 2 aromatic carbocycles. The van der Waals surface area contributed by atoms with E-state index < -0.39 is 17.8 Å². The van der Waals surface area contributed by atoms with E-state index in [4.69, 9.17) is 14.5 Å². The second-order valence-electron chi connectivity index (χ2n) is 9.16. The molecule has 6 nitrogen and oxygen atoms in total. The molecule has 6 heteroatoms. The third-order valence-electron chi connectivity index (χ3n) is 7.33. The first kappa shape index (κ1) is 24.7. The Balaban J connectivity index is 1.72. The van der Waals surface area contributed by atoms with Crippen LogP contribution < -0.4 is 9.64 Å². The highest BCUT2D eigenvalue weighted by Crippen LogP contribution is 2.46. The summed E-state index contributed by atoms with van der Waals surface area (Å²) in [7, 11) is 3.02. The third kappa shape index (κ3) is 4.75. The normalized spacial score (nSPS) is 21.8. The van der Waals surface area contributed by atoms with Crippen LogP contribution >= 0.6 is 0 Å². The van der Waals surface area contributed by atoms with E-state index in [1.807, 2.05) is 43.3 Å². The summed E-state index contributed by atoms with van der Waals surface area (Å²) in [5, 5.41) is 0. The maximum atomic E-state index is 13.7. The summed E-state index contributed by atoms with van der Waals surface area (Å²) in [6.45, 7) is 7.92. The Labute approximate surface area is 207 Å². The number of anilines is 1. The van der Waals surface area contributed by atoms with Crippen LogP contribution in [-0.4, -0.2) is 44.8 Å². The summed E-state index contributed by atoms with van der Waals surface area (Å²) in [5.74, 6) is -0.317. The van der Waals surface area contributed by atoms with Crippen molar-refractivity contribution in [3.63, 3.8) is 0 Å². The fraction of sp³-hybridized carbons (Fsp3) is 0.414. The van der Waals surface area contributed by atoms with E-state index in [-0.39, 0.29) is 11.7 Å². The Kier molecular flexibility index (Phi) is 7.39. The molecule has 0 saturated heterocycles. The lowest BCUT2D eigenvalue weighted by molar-refractivity contribution is -0.136. The van der Waals surface area contributed by atoms with Crippen molar-refractivity contribution in [3.8, 4) is 5.75 Å². The van der Waals surface area contributed by atoms with Gasteiger partial charge >= 0.3 is 5.97 Å². The highest BCUT2D eigenvalue weighted by Gasteiger charge is 2.46. The number of carbonyl (C=O) groups excluding carboxylic acids is 2. The van der Waals surface area contributed by atoms with Gasteiger partial charge in [0, 0.05) is 42.5 Å². The van der Waals surface area contributed by atoms with Gasteiger partial charge in [0.2, 0.25) is 0 Å². The van der Waals surface area contributed by atoms with Gasteiger partial charge in [-0.05, 0) is 68.5 Å². The maximum Gasteiger partial charge on any atom is 0.336 e. The first-order valence-corrected chi connectivity index (χ1v) is 12.3. The molecule has 1 fully saturated rings. The van der Waals surface area contributed by atoms with Crippen molar-refractivity contribution >= 4 is 23.2 Å². The number of aliphatic imine (C=N–C) groups is 1. The highest BCUT2D eigenvalue weighted by atomic mass is 16.5. The Bertz CT molecular complexity index is 1140. The van der Waals surface area contributed by atoms with Crippen LogP contribution in [0.5, 0.6) is 5.75 Å². The molecule has 0 N–H and O–H groups in total. The molecule has 184 valence electrons. The number of fused-ring (bicyclic) bond motifs is 1. The van der Waals surface area contributed by atoms with Crippen LogP contribution in [0.3, 0.4) is 0 Å². The molecule has 4 rings (SSSR count). The third-order valence-corrected chi connectivity index (χ3v) is 7.33. The van der Waals surface area contributed by atoms with Gasteiger partial charge in [0.25, 0.3) is 0 Å². The van der Waals surface area contributed by atoms with Crippen LogP contribution in [0, 0.1) is 5.92 Å². The molecule has 1 unspecified atom stereocenters. The van der Waals surface area contributed by atoms with Gasteiger partial charge in [0.05, 0.1) is 25.7 Å². The van der Waals surface area contributed by atoms with E-state index in [9.17, 15) is 9.59 Å². The number of esters is 1. The zero-order valence-corrected chi connectivity index (χ0v) is 21.2. The lowest BCUT2D eigenvalue weighted by Crippen LogP contribution is -2.41. The molecule has 35 heavy (non-hydrogen) atoms. The average molecular weight is 475 g/mol. The Morgan fingerprint density at radius 2 is 1.57 bits per heavy atom. The Morgan fingerprint density at radius 3 is 2.14 bits per heavy atom. The predicted molar refractivity (Wildman–Crippen MR) is 138 cm³/mol. The van der Waals surface area contributed by atoms with Gasteiger partial charge in [0.1, 0.15) is 11.5 Å². The van der Waals surface area contributed by atoms with Gasteiger partial charge < -0.3 is 14.4 Å². The Morgan fingerprint density at radius 1 is 0.943 bits per heavy atom. The SMILES string of the molecule is CCN(CC)c1ccc([C@@H]2C(C(=O)OC)=C(C)N=C3C[C@H](c4ccc(OC)cc4)CC(=O)C32)cc1. The van der Waals surface area contributed by atoms with E-state index in [2.05, 4.69) is 30.9 Å². The van der Waals surface area contributed by atoms with Crippen LogP contribution in [0.4, 0.5) is 5.69 Å². The molecular formula is C29H34N2O4. The quantitative estimate of drug-likeness (QED) is 0.510. The maximum absolute atomic E-state index is 13.7. The molecule has 0 bridgehead atoms. The van der Waals surface area contributed by atoms with E-state index in [0.717, 1.165) is 41.4 Å². The average Bonchev–Trinajstić information content (AvgIpc) is 2.88. The number of carbonyl (C=O) groups is 2. The summed E-state index contributed by atoms with van der Waals surface area (Å²) in [6, 6.07) is 16.1. The van der Waals surface area contributed by atoms with Crippen molar-refractivity contribution in [1.82, 2.24) is 0 Å². The van der Waals surface area contributed by atoms with E-state index in [1.165, 1.54) is 7.11 Å². The van der Waals surface area contributed by atoms with Crippen molar-refractivity contribution in [2.45, 2.75) is 45.4 Å². The molecular weight excluding hydrogens is 440 g/mol. The molecule has 3 atom stereocenters. The van der Waals surface area contributed by atoms with Gasteiger partial charge in [-0.25, -0.2) is 4.79 Å². The van der Waals surface area contributed by atoms with Gasteiger partial charge in [-0.1, -0.05) is 24.3 Å². The molecule has 1 saturated carbocycles. The molecule has 1 aliphatic heterocycles. The summed E-state index contributed by atoms with van der Waals surface area (Å²) in [6.07, 6.45) is 1.10. The highest BCUT2D eigenvalue weighted by molar-refractivity contribution is 6.12. The minimum Gasteiger partial charge on any atom is -0.497 e. The van der Waals surface area contributed by atoms with E-state index in [0.29, 0.717) is 24.1 Å². The van der Waals surface area contributed by atoms with Gasteiger partial charge in [-0.3, -0.25) is 9.79 Å². The van der Waals surface area contributed by atoms with Gasteiger partial charge in [-0.2, -0.15) is 0 Å². The zero-order chi connectivity index (χ0) is 25.1. The van der Waals surface area contributed by atoms with Crippen LogP contribution in [0.2, 0.25) is 0 Å². The smallest absolute Gasteiger partial charge is 0.336 e. The summed E-state index contributed by atoms with van der Waals surface area (Å²) >= 11 is 0. The zero-order valence-electron chi connectivity index (χ0n) is 21.2. The number of benzene rings is 2. The van der Waals surface area contributed by atoms with Crippen molar-refractivity contribution in [2.24, 2.45) is 10.9 Å². The lowest BCUT2D eigenvalue weighted by Gasteiger charge is -2.38. The van der Waals surface area contributed by atoms with E-state index >= 15 is 0 Å². The van der Waals surface area contributed by atoms with Gasteiger partial charge in [-0.15, -0.1) is 0 Å². The number of ether oxygens (including phenoxy) is 2.